The first-order valence-corrected chi connectivity index (χ1v) is 13.2. The molecule has 6 rings (SSSR count). The van der Waals surface area contributed by atoms with E-state index in [1.54, 1.807) is 12.5 Å². The molecule has 0 bridgehead atoms. The molecule has 1 saturated heterocycles. The number of carbonyl (C=O) groups excluding carboxylic acids is 1. The number of hydrogen-bond acceptors (Lipinski definition) is 7. The molecule has 4 N–H and O–H groups in total. The minimum atomic E-state index is -0.886. The molecule has 0 radical (unpaired) electrons. The quantitative estimate of drug-likeness (QED) is 0.435. The van der Waals surface area contributed by atoms with E-state index in [4.69, 9.17) is 0 Å². The van der Waals surface area contributed by atoms with Crippen LogP contribution in [0.25, 0.3) is 11.2 Å². The second-order valence-corrected chi connectivity index (χ2v) is 11.0. The van der Waals surface area contributed by atoms with E-state index in [-0.39, 0.29) is 23.9 Å². The highest BCUT2D eigenvalue weighted by atomic mass is 16.3. The van der Waals surface area contributed by atoms with Crippen molar-refractivity contribution in [3.63, 3.8) is 0 Å². The second-order valence-electron chi connectivity index (χ2n) is 11.0. The lowest BCUT2D eigenvalue weighted by Crippen LogP contribution is -2.50. The predicted octanol–water partition coefficient (Wildman–Crippen LogP) is 2.56. The summed E-state index contributed by atoms with van der Waals surface area (Å²) in [4.78, 5) is 26.6. The van der Waals surface area contributed by atoms with E-state index in [0.29, 0.717) is 31.3 Å². The van der Waals surface area contributed by atoms with E-state index in [0.717, 1.165) is 49.0 Å². The molecule has 0 aromatic carbocycles. The zero-order valence-electron chi connectivity index (χ0n) is 20.7. The lowest BCUT2D eigenvalue weighted by atomic mass is 9.74. The molecular formula is C27H35N7O2. The van der Waals surface area contributed by atoms with Crippen LogP contribution in [0.1, 0.15) is 62.2 Å². The zero-order chi connectivity index (χ0) is 24.7. The van der Waals surface area contributed by atoms with E-state index < -0.39 is 5.60 Å². The molecular weight excluding hydrogens is 454 g/mol. The number of rotatable bonds is 5. The summed E-state index contributed by atoms with van der Waals surface area (Å²) in [5.41, 5.74) is 9.89. The van der Waals surface area contributed by atoms with E-state index >= 15 is 0 Å². The molecule has 1 aliphatic heterocycles. The van der Waals surface area contributed by atoms with Crippen LogP contribution in [0, 0.1) is 18.8 Å². The van der Waals surface area contributed by atoms with Crippen LogP contribution in [0.2, 0.25) is 0 Å². The topological polar surface area (TPSA) is 117 Å². The number of aliphatic hydroxyl groups is 1. The van der Waals surface area contributed by atoms with Crippen LogP contribution < -0.4 is 16.2 Å². The number of pyridine rings is 2. The Morgan fingerprint density at radius 2 is 2.11 bits per heavy atom. The summed E-state index contributed by atoms with van der Waals surface area (Å²) in [5, 5.41) is 14.8. The standard InChI is InChI=1S/C27H35N7O2/c1-17-12-18(8-11-28-17)24-21-13-19(6-7-22(21)32-33-24)26(35)31-20-4-2-9-27(36,14-20)15-34-16-30-23-5-3-10-29-25(23)34/h3,5,8,10-12,16,19-22,24,32-33,36H,2,4,6-7,9,13-15H2,1H3,(H,31,35)/t19?,20-,21?,22?,24?,27-/m1/s1. The fourth-order valence-corrected chi connectivity index (χ4v) is 6.64. The van der Waals surface area contributed by atoms with Gasteiger partial charge in [0.25, 0.3) is 0 Å². The van der Waals surface area contributed by atoms with Crippen LogP contribution in [0.3, 0.4) is 0 Å². The molecule has 9 heteroatoms. The van der Waals surface area contributed by atoms with Crippen LogP contribution in [0.4, 0.5) is 0 Å². The highest BCUT2D eigenvalue weighted by Gasteiger charge is 2.43. The number of hydrazine groups is 1. The van der Waals surface area contributed by atoms with Gasteiger partial charge >= 0.3 is 0 Å². The fraction of sp³-hybridized carbons (Fsp3) is 0.556. The number of imidazole rings is 1. The number of carbonyl (C=O) groups is 1. The molecule has 3 aliphatic rings. The van der Waals surface area contributed by atoms with Crippen molar-refractivity contribution in [2.75, 3.05) is 0 Å². The first-order chi connectivity index (χ1) is 17.5. The first kappa shape index (κ1) is 23.5. The lowest BCUT2D eigenvalue weighted by Gasteiger charge is -2.38. The molecule has 190 valence electrons. The molecule has 0 spiro atoms. The van der Waals surface area contributed by atoms with E-state index in [2.05, 4.69) is 43.3 Å². The molecule has 2 aliphatic carbocycles. The molecule has 3 fully saturated rings. The Labute approximate surface area is 211 Å². The minimum absolute atomic E-state index is 0.00445. The van der Waals surface area contributed by atoms with Gasteiger partial charge in [-0.25, -0.2) is 15.4 Å². The zero-order valence-corrected chi connectivity index (χ0v) is 20.7. The van der Waals surface area contributed by atoms with Crippen molar-refractivity contribution in [1.29, 1.82) is 0 Å². The maximum absolute atomic E-state index is 13.4. The van der Waals surface area contributed by atoms with Gasteiger partial charge in [-0.15, -0.1) is 0 Å². The fourth-order valence-electron chi connectivity index (χ4n) is 6.64. The maximum Gasteiger partial charge on any atom is 0.223 e. The molecule has 4 heterocycles. The van der Waals surface area contributed by atoms with Gasteiger partial charge in [-0.05, 0) is 87.6 Å². The molecule has 3 aromatic heterocycles. The summed E-state index contributed by atoms with van der Waals surface area (Å²) >= 11 is 0. The van der Waals surface area contributed by atoms with Gasteiger partial charge in [-0.2, -0.15) is 0 Å². The number of nitrogens with zero attached hydrogens (tertiary/aromatic N) is 4. The third-order valence-electron chi connectivity index (χ3n) is 8.41. The predicted molar refractivity (Wildman–Crippen MR) is 135 cm³/mol. The van der Waals surface area contributed by atoms with Gasteiger partial charge < -0.3 is 15.0 Å². The largest absolute Gasteiger partial charge is 0.388 e. The van der Waals surface area contributed by atoms with Gasteiger partial charge in [0.2, 0.25) is 5.91 Å². The van der Waals surface area contributed by atoms with E-state index in [9.17, 15) is 9.90 Å². The average Bonchev–Trinajstić information content (AvgIpc) is 3.48. The monoisotopic (exact) mass is 489 g/mol. The van der Waals surface area contributed by atoms with Gasteiger partial charge in [0.05, 0.1) is 24.5 Å². The first-order valence-electron chi connectivity index (χ1n) is 13.2. The lowest BCUT2D eigenvalue weighted by molar-refractivity contribution is -0.128. The summed E-state index contributed by atoms with van der Waals surface area (Å²) < 4.78 is 1.93. The van der Waals surface area contributed by atoms with Gasteiger partial charge in [0.1, 0.15) is 5.52 Å². The molecule has 6 atom stereocenters. The normalized spacial score (nSPS) is 32.3. The van der Waals surface area contributed by atoms with Crippen molar-refractivity contribution < 1.29 is 9.90 Å². The van der Waals surface area contributed by atoms with Gasteiger partial charge in [-0.1, -0.05) is 0 Å². The number of aromatic nitrogens is 4. The Hall–Kier alpha value is -2.88. The number of amides is 1. The Morgan fingerprint density at radius 1 is 1.19 bits per heavy atom. The summed E-state index contributed by atoms with van der Waals surface area (Å²) in [7, 11) is 0. The number of hydrogen-bond donors (Lipinski definition) is 4. The maximum atomic E-state index is 13.4. The van der Waals surface area contributed by atoms with Gasteiger partial charge in [-0.3, -0.25) is 15.2 Å². The van der Waals surface area contributed by atoms with Crippen molar-refractivity contribution in [1.82, 2.24) is 35.7 Å². The molecule has 1 amide bonds. The van der Waals surface area contributed by atoms with Crippen molar-refractivity contribution >= 4 is 17.1 Å². The van der Waals surface area contributed by atoms with Crippen molar-refractivity contribution in [3.8, 4) is 0 Å². The Bertz CT molecular complexity index is 1250. The third kappa shape index (κ3) is 4.63. The van der Waals surface area contributed by atoms with Crippen LogP contribution in [-0.2, 0) is 11.3 Å². The number of fused-ring (bicyclic) bond motifs is 2. The van der Waals surface area contributed by atoms with Crippen molar-refractivity contribution in [3.05, 3.63) is 54.2 Å². The summed E-state index contributed by atoms with van der Waals surface area (Å²) in [6.07, 6.45) is 11.1. The number of aryl methyl sites for hydroxylation is 1. The van der Waals surface area contributed by atoms with Crippen molar-refractivity contribution in [2.24, 2.45) is 11.8 Å². The molecule has 2 saturated carbocycles. The molecule has 9 nitrogen and oxygen atoms in total. The summed E-state index contributed by atoms with van der Waals surface area (Å²) in [6.45, 7) is 2.45. The smallest absolute Gasteiger partial charge is 0.223 e. The van der Waals surface area contributed by atoms with Crippen LogP contribution in [0.15, 0.2) is 43.0 Å². The van der Waals surface area contributed by atoms with Crippen molar-refractivity contribution in [2.45, 2.75) is 82.1 Å². The highest BCUT2D eigenvalue weighted by molar-refractivity contribution is 5.79. The summed E-state index contributed by atoms with van der Waals surface area (Å²) in [5.74, 6) is 0.491. The molecule has 4 unspecified atom stereocenters. The van der Waals surface area contributed by atoms with Gasteiger partial charge in [0, 0.05) is 36.1 Å². The van der Waals surface area contributed by atoms with Crippen LogP contribution in [-0.4, -0.2) is 48.2 Å². The van der Waals surface area contributed by atoms with Crippen LogP contribution >= 0.6 is 0 Å². The summed E-state index contributed by atoms with van der Waals surface area (Å²) in [6, 6.07) is 8.54. The molecule has 3 aromatic rings. The Balaban J connectivity index is 1.09. The molecule has 36 heavy (non-hydrogen) atoms. The SMILES string of the molecule is Cc1cc(C2NNC3CCC(C(=O)N[C@@H]4CCC[C@](O)(Cn5cnc6cccnc65)C4)CC32)ccn1. The highest BCUT2D eigenvalue weighted by Crippen LogP contribution is 2.41. The van der Waals surface area contributed by atoms with E-state index in [1.165, 1.54) is 5.56 Å². The Morgan fingerprint density at radius 3 is 3.00 bits per heavy atom. The number of nitrogens with one attached hydrogen (secondary N) is 3. The van der Waals surface area contributed by atoms with E-state index in [1.807, 2.05) is 29.8 Å². The van der Waals surface area contributed by atoms with Crippen LogP contribution in [0.5, 0.6) is 0 Å². The second kappa shape index (κ2) is 9.53. The Kier molecular flexibility index (Phi) is 6.23. The third-order valence-corrected chi connectivity index (χ3v) is 8.41. The average molecular weight is 490 g/mol. The van der Waals surface area contributed by atoms with Gasteiger partial charge in [0.15, 0.2) is 5.65 Å². The minimum Gasteiger partial charge on any atom is -0.388 e.